The molecule has 0 radical (unpaired) electrons. The number of carbonyl (C=O) groups is 1. The van der Waals surface area contributed by atoms with Gasteiger partial charge in [0, 0.05) is 58.4 Å². The topological polar surface area (TPSA) is 67.8 Å². The van der Waals surface area contributed by atoms with Gasteiger partial charge < -0.3 is 19.3 Å². The lowest BCUT2D eigenvalue weighted by Gasteiger charge is -2.32. The number of aryl methyl sites for hydroxylation is 1. The summed E-state index contributed by atoms with van der Waals surface area (Å²) < 4.78 is 26.0. The first-order valence-electron chi connectivity index (χ1n) is 14.2. The van der Waals surface area contributed by atoms with Crippen molar-refractivity contribution in [1.29, 1.82) is 0 Å². The first kappa shape index (κ1) is 26.9. The first-order valence-corrected chi connectivity index (χ1v) is 14.2. The molecule has 3 heterocycles. The monoisotopic (exact) mass is 524 g/mol. The predicted molar refractivity (Wildman–Crippen MR) is 145 cm³/mol. The maximum atomic E-state index is 14.7. The molecule has 7 nitrogen and oxygen atoms in total. The molecule has 0 N–H and O–H groups in total. The second-order valence-corrected chi connectivity index (χ2v) is 11.4. The molecule has 2 saturated heterocycles. The van der Waals surface area contributed by atoms with Gasteiger partial charge in [0.15, 0.2) is 0 Å². The Bertz CT molecular complexity index is 1070. The van der Waals surface area contributed by atoms with Crippen LogP contribution < -0.4 is 9.64 Å². The zero-order valence-electron chi connectivity index (χ0n) is 22.8. The Balaban J connectivity index is 1.00. The summed E-state index contributed by atoms with van der Waals surface area (Å²) in [6, 6.07) is 4.90. The molecule has 8 heteroatoms. The summed E-state index contributed by atoms with van der Waals surface area (Å²) in [5.74, 6) is 3.67. The highest BCUT2D eigenvalue weighted by atomic mass is 19.1. The van der Waals surface area contributed by atoms with Crippen LogP contribution in [-0.4, -0.2) is 67.3 Å². The van der Waals surface area contributed by atoms with Gasteiger partial charge in [-0.3, -0.25) is 4.79 Å². The summed E-state index contributed by atoms with van der Waals surface area (Å²) in [6.07, 6.45) is 10.5. The van der Waals surface area contributed by atoms with Crippen LogP contribution in [0.5, 0.6) is 5.75 Å². The highest BCUT2D eigenvalue weighted by Gasteiger charge is 2.43. The van der Waals surface area contributed by atoms with E-state index in [1.165, 1.54) is 25.3 Å². The van der Waals surface area contributed by atoms with Gasteiger partial charge in [-0.1, -0.05) is 6.07 Å². The third-order valence-electron chi connectivity index (χ3n) is 8.59. The summed E-state index contributed by atoms with van der Waals surface area (Å²) in [7, 11) is 1.81. The summed E-state index contributed by atoms with van der Waals surface area (Å²) in [6.45, 7) is 6.87. The molecule has 1 saturated carbocycles. The number of nitrogens with zero attached hydrogens (tertiary/aromatic N) is 4. The van der Waals surface area contributed by atoms with Crippen LogP contribution in [0.3, 0.4) is 0 Å². The molecule has 3 fully saturated rings. The molecule has 0 bridgehead atoms. The standard InChI is InChI=1S/C30H41FN4O3/c1-21-18-32-30(33-19-21)35-10-5-23(6-11-35)27-15-24(27)9-14-38-26-4-3-25(28(31)17-26)16-29(36)34(2)20-22-7-12-37-13-8-22/h3-4,17-19,22-24,27H,5-16,20H2,1-2H3/t24-,27-/m1/s1. The number of halogens is 1. The molecule has 0 unspecified atom stereocenters. The molecule has 5 rings (SSSR count). The SMILES string of the molecule is Cc1cnc(N2CCC([C@H]3C[C@H]3CCOc3ccc(CC(=O)N(C)CC4CCOCC4)c(F)c3)CC2)nc1. The second-order valence-electron chi connectivity index (χ2n) is 11.4. The van der Waals surface area contributed by atoms with Gasteiger partial charge in [-0.2, -0.15) is 0 Å². The molecule has 1 amide bonds. The second kappa shape index (κ2) is 12.4. The maximum Gasteiger partial charge on any atom is 0.226 e. The van der Waals surface area contributed by atoms with Crippen LogP contribution in [0, 0.1) is 36.4 Å². The van der Waals surface area contributed by atoms with Gasteiger partial charge in [0.1, 0.15) is 11.6 Å². The lowest BCUT2D eigenvalue weighted by Crippen LogP contribution is -2.35. The van der Waals surface area contributed by atoms with E-state index < -0.39 is 0 Å². The minimum atomic E-state index is -0.371. The van der Waals surface area contributed by atoms with Gasteiger partial charge in [-0.15, -0.1) is 0 Å². The minimum Gasteiger partial charge on any atom is -0.493 e. The van der Waals surface area contributed by atoms with E-state index in [1.54, 1.807) is 24.1 Å². The fraction of sp³-hybridized carbons (Fsp3) is 0.633. The number of likely N-dealkylation sites (N-methyl/N-ethyl adjacent to an activating group) is 1. The van der Waals surface area contributed by atoms with Crippen molar-refractivity contribution in [3.05, 3.63) is 47.5 Å². The number of hydrogen-bond acceptors (Lipinski definition) is 6. The van der Waals surface area contributed by atoms with E-state index in [1.807, 2.05) is 19.3 Å². The highest BCUT2D eigenvalue weighted by Crippen LogP contribution is 2.49. The number of ether oxygens (including phenoxy) is 2. The van der Waals surface area contributed by atoms with Crippen LogP contribution >= 0.6 is 0 Å². The lowest BCUT2D eigenvalue weighted by molar-refractivity contribution is -0.130. The quantitative estimate of drug-likeness (QED) is 0.450. The van der Waals surface area contributed by atoms with Gasteiger partial charge >= 0.3 is 0 Å². The predicted octanol–water partition coefficient (Wildman–Crippen LogP) is 4.67. The Hall–Kier alpha value is -2.74. The Morgan fingerprint density at radius 2 is 1.89 bits per heavy atom. The van der Waals surface area contributed by atoms with Crippen LogP contribution in [0.15, 0.2) is 30.6 Å². The minimum absolute atomic E-state index is 0.0546. The fourth-order valence-electron chi connectivity index (χ4n) is 6.06. The molecule has 3 aliphatic rings. The molecule has 0 spiro atoms. The molecule has 2 aliphatic heterocycles. The van der Waals surface area contributed by atoms with Gasteiger partial charge in [0.05, 0.1) is 13.0 Å². The molecule has 1 aliphatic carbocycles. The van der Waals surface area contributed by atoms with E-state index in [-0.39, 0.29) is 18.1 Å². The zero-order chi connectivity index (χ0) is 26.5. The molecular weight excluding hydrogens is 483 g/mol. The van der Waals surface area contributed by atoms with Gasteiger partial charge in [-0.05, 0) is 86.3 Å². The highest BCUT2D eigenvalue weighted by molar-refractivity contribution is 5.78. The number of piperidine rings is 1. The van der Waals surface area contributed by atoms with E-state index in [0.717, 1.165) is 68.9 Å². The maximum absolute atomic E-state index is 14.7. The first-order chi connectivity index (χ1) is 18.5. The van der Waals surface area contributed by atoms with Crippen molar-refractivity contribution in [1.82, 2.24) is 14.9 Å². The largest absolute Gasteiger partial charge is 0.493 e. The molecule has 1 aromatic heterocycles. The average molecular weight is 525 g/mol. The van der Waals surface area contributed by atoms with E-state index in [2.05, 4.69) is 14.9 Å². The van der Waals surface area contributed by atoms with Crippen molar-refractivity contribution in [3.8, 4) is 5.75 Å². The third-order valence-corrected chi connectivity index (χ3v) is 8.59. The normalized spacial score (nSPS) is 22.3. The molecule has 206 valence electrons. The summed E-state index contributed by atoms with van der Waals surface area (Å²) in [4.78, 5) is 25.6. The number of hydrogen-bond donors (Lipinski definition) is 0. The lowest BCUT2D eigenvalue weighted by atomic mass is 9.90. The van der Waals surface area contributed by atoms with Crippen molar-refractivity contribution >= 4 is 11.9 Å². The Kier molecular flexibility index (Phi) is 8.77. The number of aromatic nitrogens is 2. The van der Waals surface area contributed by atoms with Crippen LogP contribution in [0.25, 0.3) is 0 Å². The van der Waals surface area contributed by atoms with Crippen molar-refractivity contribution in [2.75, 3.05) is 51.4 Å². The number of benzene rings is 1. The van der Waals surface area contributed by atoms with Crippen molar-refractivity contribution in [2.45, 2.75) is 51.9 Å². The van der Waals surface area contributed by atoms with Crippen molar-refractivity contribution in [3.63, 3.8) is 0 Å². The average Bonchev–Trinajstić information content (AvgIpc) is 3.71. The van der Waals surface area contributed by atoms with Gasteiger partial charge in [-0.25, -0.2) is 14.4 Å². The van der Waals surface area contributed by atoms with Gasteiger partial charge in [0.25, 0.3) is 0 Å². The number of carbonyl (C=O) groups excluding carboxylic acids is 1. The smallest absolute Gasteiger partial charge is 0.226 e. The van der Waals surface area contributed by atoms with E-state index in [9.17, 15) is 9.18 Å². The van der Waals surface area contributed by atoms with Crippen LogP contribution in [0.1, 0.15) is 49.7 Å². The summed E-state index contributed by atoms with van der Waals surface area (Å²) in [5.41, 5.74) is 1.51. The zero-order valence-corrected chi connectivity index (χ0v) is 22.8. The molecule has 38 heavy (non-hydrogen) atoms. The fourth-order valence-corrected chi connectivity index (χ4v) is 6.06. The van der Waals surface area contributed by atoms with Crippen LogP contribution in [-0.2, 0) is 16.0 Å². The summed E-state index contributed by atoms with van der Waals surface area (Å²) in [5, 5.41) is 0. The summed E-state index contributed by atoms with van der Waals surface area (Å²) >= 11 is 0. The van der Waals surface area contributed by atoms with E-state index in [4.69, 9.17) is 9.47 Å². The van der Waals surface area contributed by atoms with Crippen molar-refractivity contribution < 1.29 is 18.7 Å². The van der Waals surface area contributed by atoms with E-state index in [0.29, 0.717) is 36.3 Å². The van der Waals surface area contributed by atoms with Gasteiger partial charge in [0.2, 0.25) is 11.9 Å². The third kappa shape index (κ3) is 7.01. The number of rotatable bonds is 10. The van der Waals surface area contributed by atoms with E-state index >= 15 is 0 Å². The van der Waals surface area contributed by atoms with Crippen LogP contribution in [0.2, 0.25) is 0 Å². The molecule has 2 atom stereocenters. The molecule has 1 aromatic carbocycles. The van der Waals surface area contributed by atoms with Crippen molar-refractivity contribution in [2.24, 2.45) is 23.7 Å². The number of amides is 1. The van der Waals surface area contributed by atoms with Crippen LogP contribution in [0.4, 0.5) is 10.3 Å². The number of anilines is 1. The molecular formula is C30H41FN4O3. The Morgan fingerprint density at radius 3 is 2.61 bits per heavy atom. The molecule has 2 aromatic rings. The Labute approximate surface area is 225 Å². The Morgan fingerprint density at radius 1 is 1.16 bits per heavy atom.